The number of anilines is 1. The van der Waals surface area contributed by atoms with Gasteiger partial charge in [-0.3, -0.25) is 0 Å². The highest BCUT2D eigenvalue weighted by Crippen LogP contribution is 2.48. The molecule has 7 aromatic rings. The molecule has 324 valence electrons. The lowest BCUT2D eigenvalue weighted by molar-refractivity contribution is 0.691. The van der Waals surface area contributed by atoms with Crippen molar-refractivity contribution in [2.24, 2.45) is 5.73 Å². The molecule has 0 aliphatic heterocycles. The summed E-state index contributed by atoms with van der Waals surface area (Å²) in [6.07, 6.45) is 21.5. The van der Waals surface area contributed by atoms with E-state index in [1.807, 2.05) is 61.6 Å². The second kappa shape index (κ2) is 23.1. The zero-order chi connectivity index (χ0) is 46.0. The van der Waals surface area contributed by atoms with Gasteiger partial charge in [0, 0.05) is 11.1 Å². The Bertz CT molecular complexity index is 2870. The number of aryl methyl sites for hydroxylation is 3. The lowest BCUT2D eigenvalue weighted by Gasteiger charge is -2.37. The molecular weight excluding hydrogens is 785 g/mol. The fraction of sp³-hybridized carbons (Fsp3) is 0.111. The second-order valence-corrected chi connectivity index (χ2v) is 16.5. The summed E-state index contributed by atoms with van der Waals surface area (Å²) in [6.45, 7) is 16.0. The van der Waals surface area contributed by atoms with E-state index < -0.39 is 5.41 Å². The highest BCUT2D eigenvalue weighted by atomic mass is 14.6. The molecule has 2 heteroatoms. The van der Waals surface area contributed by atoms with Crippen LogP contribution in [0.4, 0.5) is 5.69 Å². The van der Waals surface area contributed by atoms with Crippen LogP contribution in [0.25, 0.3) is 33.9 Å². The van der Waals surface area contributed by atoms with E-state index in [9.17, 15) is 0 Å². The molecule has 0 heterocycles. The van der Waals surface area contributed by atoms with Crippen molar-refractivity contribution in [2.75, 3.05) is 5.73 Å². The maximum absolute atomic E-state index is 6.97. The molecule has 4 N–H and O–H groups in total. The molecule has 0 saturated heterocycles. The van der Waals surface area contributed by atoms with Gasteiger partial charge < -0.3 is 11.5 Å². The topological polar surface area (TPSA) is 52.0 Å². The van der Waals surface area contributed by atoms with Gasteiger partial charge in [-0.05, 0) is 138 Å². The Hall–Kier alpha value is -7.68. The lowest BCUT2D eigenvalue weighted by Crippen LogP contribution is -2.29. The van der Waals surface area contributed by atoms with Crippen molar-refractivity contribution in [1.82, 2.24) is 0 Å². The minimum atomic E-state index is -0.610. The Morgan fingerprint density at radius 2 is 1.20 bits per heavy atom. The van der Waals surface area contributed by atoms with E-state index in [0.29, 0.717) is 0 Å². The highest BCUT2D eigenvalue weighted by molar-refractivity contribution is 5.87. The molecule has 7 aromatic carbocycles. The summed E-state index contributed by atoms with van der Waals surface area (Å²) in [5.74, 6) is 0. The van der Waals surface area contributed by atoms with Crippen LogP contribution in [0.3, 0.4) is 0 Å². The summed E-state index contributed by atoms with van der Waals surface area (Å²) < 4.78 is 0. The molecular formula is C63H62N2. The average molecular weight is 847 g/mol. The molecule has 1 unspecified atom stereocenters. The van der Waals surface area contributed by atoms with Gasteiger partial charge in [0.15, 0.2) is 0 Å². The summed E-state index contributed by atoms with van der Waals surface area (Å²) >= 11 is 0. The zero-order valence-corrected chi connectivity index (χ0v) is 38.4. The van der Waals surface area contributed by atoms with E-state index in [2.05, 4.69) is 192 Å². The Labute approximate surface area is 388 Å². The Morgan fingerprint density at radius 3 is 1.88 bits per heavy atom. The number of fused-ring (bicyclic) bond motifs is 1. The van der Waals surface area contributed by atoms with Crippen LogP contribution in [0.15, 0.2) is 243 Å². The van der Waals surface area contributed by atoms with Crippen molar-refractivity contribution < 1.29 is 0 Å². The van der Waals surface area contributed by atoms with E-state index in [1.165, 1.54) is 73.0 Å². The molecule has 0 aromatic heterocycles. The van der Waals surface area contributed by atoms with Gasteiger partial charge in [-0.15, -0.1) is 0 Å². The summed E-state index contributed by atoms with van der Waals surface area (Å²) in [5.41, 5.74) is 30.4. The van der Waals surface area contributed by atoms with Crippen LogP contribution >= 0.6 is 0 Å². The van der Waals surface area contributed by atoms with E-state index in [-0.39, 0.29) is 0 Å². The minimum absolute atomic E-state index is 0.610. The Balaban J connectivity index is 0.000000398. The first-order chi connectivity index (χ1) is 31.6. The number of hydrogen-bond donors (Lipinski definition) is 2. The highest BCUT2D eigenvalue weighted by Gasteiger charge is 2.37. The maximum atomic E-state index is 6.97. The summed E-state index contributed by atoms with van der Waals surface area (Å²) in [7, 11) is 0. The molecule has 0 radical (unpaired) electrons. The quantitative estimate of drug-likeness (QED) is 0.0774. The van der Waals surface area contributed by atoms with E-state index in [1.54, 1.807) is 12.2 Å². The zero-order valence-electron chi connectivity index (χ0n) is 38.4. The molecule has 8 rings (SSSR count). The van der Waals surface area contributed by atoms with Gasteiger partial charge in [0.2, 0.25) is 0 Å². The standard InChI is InChI=1S/C49H43N.C7H11N.C7H8/c1-4-5-6-7-19-37-20-9-11-27-45(37)49(3,46-28-12-13-29-48(46)50)47-34-41(40-24-15-23-39(33-40)38-22-14-17-35(2)32-38)30-31-44(47)43-26-16-21-36-18-8-10-25-42(36)43;1-7(2)5-3-4-6-8;1-7-5-3-2-4-6-7/h4-15,17-20,22-34H,1,16,21,50H2,2-3H3;3-6H,1,8H2,2H3;2-6H,1H3/b6-5-,19-7-;5-3-,6-4-;. The monoisotopic (exact) mass is 846 g/mol. The molecule has 0 saturated carbocycles. The molecule has 65 heavy (non-hydrogen) atoms. The average Bonchev–Trinajstić information content (AvgIpc) is 3.33. The fourth-order valence-corrected chi connectivity index (χ4v) is 8.42. The first kappa shape index (κ1) is 46.8. The first-order valence-electron chi connectivity index (χ1n) is 22.4. The van der Waals surface area contributed by atoms with Gasteiger partial charge in [0.1, 0.15) is 0 Å². The molecule has 0 bridgehead atoms. The van der Waals surface area contributed by atoms with E-state index in [0.717, 1.165) is 35.2 Å². The second-order valence-electron chi connectivity index (χ2n) is 16.5. The van der Waals surface area contributed by atoms with Crippen molar-refractivity contribution >= 4 is 17.3 Å². The van der Waals surface area contributed by atoms with E-state index >= 15 is 0 Å². The number of benzene rings is 7. The number of allylic oxidation sites excluding steroid dienone is 9. The normalized spacial score (nSPS) is 13.0. The van der Waals surface area contributed by atoms with Crippen LogP contribution in [0.1, 0.15) is 70.3 Å². The fourth-order valence-electron chi connectivity index (χ4n) is 8.42. The Morgan fingerprint density at radius 1 is 0.569 bits per heavy atom. The van der Waals surface area contributed by atoms with Crippen molar-refractivity contribution in [1.29, 1.82) is 0 Å². The summed E-state index contributed by atoms with van der Waals surface area (Å²) in [5, 5.41) is 0. The van der Waals surface area contributed by atoms with Crippen molar-refractivity contribution in [2.45, 2.75) is 46.0 Å². The summed E-state index contributed by atoms with van der Waals surface area (Å²) in [6, 6.07) is 61.0. The molecule has 1 aliphatic rings. The molecule has 1 atom stereocenters. The van der Waals surface area contributed by atoms with Crippen LogP contribution in [-0.2, 0) is 11.8 Å². The third-order valence-electron chi connectivity index (χ3n) is 11.6. The molecule has 1 aliphatic carbocycles. The summed E-state index contributed by atoms with van der Waals surface area (Å²) in [4.78, 5) is 0. The number of rotatable bonds is 11. The predicted octanol–water partition coefficient (Wildman–Crippen LogP) is 16.0. The minimum Gasteiger partial charge on any atom is -0.405 e. The van der Waals surface area contributed by atoms with Crippen LogP contribution in [0, 0.1) is 13.8 Å². The van der Waals surface area contributed by atoms with Crippen LogP contribution in [0.2, 0.25) is 0 Å². The largest absolute Gasteiger partial charge is 0.405 e. The van der Waals surface area contributed by atoms with Gasteiger partial charge in [-0.1, -0.05) is 230 Å². The molecule has 2 nitrogen and oxygen atoms in total. The lowest BCUT2D eigenvalue weighted by atomic mass is 9.66. The van der Waals surface area contributed by atoms with Crippen molar-refractivity contribution in [3.63, 3.8) is 0 Å². The molecule has 0 spiro atoms. The molecule has 0 amide bonds. The third kappa shape index (κ3) is 12.1. The van der Waals surface area contributed by atoms with Crippen LogP contribution < -0.4 is 11.5 Å². The first-order valence-corrected chi connectivity index (χ1v) is 22.4. The van der Waals surface area contributed by atoms with Gasteiger partial charge in [-0.25, -0.2) is 0 Å². The predicted molar refractivity (Wildman–Crippen MR) is 284 cm³/mol. The van der Waals surface area contributed by atoms with Crippen LogP contribution in [-0.4, -0.2) is 0 Å². The third-order valence-corrected chi connectivity index (χ3v) is 11.6. The molecule has 0 fully saturated rings. The van der Waals surface area contributed by atoms with Gasteiger partial charge in [0.25, 0.3) is 0 Å². The van der Waals surface area contributed by atoms with Gasteiger partial charge in [-0.2, -0.15) is 0 Å². The smallest absolute Gasteiger partial charge is 0.0455 e. The number of hydrogen-bond acceptors (Lipinski definition) is 2. The van der Waals surface area contributed by atoms with Crippen LogP contribution in [0.5, 0.6) is 0 Å². The number of nitrogen functional groups attached to an aromatic ring is 1. The maximum Gasteiger partial charge on any atom is 0.0455 e. The van der Waals surface area contributed by atoms with E-state index in [4.69, 9.17) is 11.5 Å². The van der Waals surface area contributed by atoms with Crippen molar-refractivity contribution in [3.8, 4) is 22.3 Å². The number of para-hydroxylation sites is 1. The van der Waals surface area contributed by atoms with Gasteiger partial charge in [0.05, 0.1) is 0 Å². The number of nitrogens with two attached hydrogens (primary N) is 2. The SMILES string of the molecule is C=C(C)/C=C\C=C/N.C=C/C=C\C=C/c1ccccc1C(C)(c1ccccc1N)c1cc(-c2cccc(-c3cccc(C)c3)c2)ccc1C1=CCCc2ccccc21.Cc1ccccc1. The Kier molecular flexibility index (Phi) is 16.7. The van der Waals surface area contributed by atoms with Crippen molar-refractivity contribution in [3.05, 3.63) is 293 Å². The van der Waals surface area contributed by atoms with Gasteiger partial charge >= 0.3 is 0 Å².